The van der Waals surface area contributed by atoms with Gasteiger partial charge >= 0.3 is 0 Å². The van der Waals surface area contributed by atoms with Gasteiger partial charge in [0.25, 0.3) is 5.56 Å². The van der Waals surface area contributed by atoms with Crippen LogP contribution in [0.15, 0.2) is 34.2 Å². The minimum atomic E-state index is -0.0494. The number of aryl methyl sites for hydroxylation is 1. The number of rotatable bonds is 9. The van der Waals surface area contributed by atoms with Crippen LogP contribution in [0.25, 0.3) is 16.7 Å². The van der Waals surface area contributed by atoms with Crippen LogP contribution in [0.4, 0.5) is 0 Å². The van der Waals surface area contributed by atoms with Gasteiger partial charge in [0.1, 0.15) is 0 Å². The number of fused-ring (bicyclic) bond motifs is 3. The molecule has 0 unspecified atom stereocenters. The molecule has 1 amide bonds. The Labute approximate surface area is 168 Å². The van der Waals surface area contributed by atoms with Gasteiger partial charge in [-0.25, -0.2) is 0 Å². The number of thioether (sulfide) groups is 1. The molecule has 0 aliphatic carbocycles. The maximum atomic E-state index is 12.9. The van der Waals surface area contributed by atoms with E-state index in [9.17, 15) is 9.59 Å². The van der Waals surface area contributed by atoms with Crippen LogP contribution in [0, 0.1) is 0 Å². The molecule has 7 nitrogen and oxygen atoms in total. The Balaban J connectivity index is 1.95. The average Bonchev–Trinajstić information content (AvgIpc) is 3.10. The molecule has 150 valence electrons. The van der Waals surface area contributed by atoms with Gasteiger partial charge in [-0.05, 0) is 31.9 Å². The Bertz CT molecular complexity index is 1030. The number of carbonyl (C=O) groups is 1. The number of hydrogen-bond donors (Lipinski definition) is 1. The van der Waals surface area contributed by atoms with Crippen molar-refractivity contribution in [3.8, 4) is 0 Å². The van der Waals surface area contributed by atoms with E-state index < -0.39 is 0 Å². The van der Waals surface area contributed by atoms with Crippen molar-refractivity contribution in [3.05, 3.63) is 34.6 Å². The number of amides is 1. The molecular weight excluding hydrogens is 374 g/mol. The molecule has 0 aliphatic rings. The fraction of sp³-hybridized carbons (Fsp3) is 0.500. The molecule has 3 aromatic rings. The van der Waals surface area contributed by atoms with Gasteiger partial charge in [-0.15, -0.1) is 10.2 Å². The van der Waals surface area contributed by atoms with E-state index in [1.165, 1.54) is 11.8 Å². The number of nitrogens with one attached hydrogen (secondary N) is 1. The highest BCUT2D eigenvalue weighted by Crippen LogP contribution is 2.21. The predicted octanol–water partition coefficient (Wildman–Crippen LogP) is 3.24. The summed E-state index contributed by atoms with van der Waals surface area (Å²) >= 11 is 1.34. The Morgan fingerprint density at radius 1 is 1.21 bits per heavy atom. The Morgan fingerprint density at radius 2 is 2.00 bits per heavy atom. The Kier molecular flexibility index (Phi) is 6.72. The standard InChI is InChI=1S/C20H27N5O2S/c1-4-6-12-24-18(27)15-10-7-8-11-16(15)25-19(24)22-23-20(25)28-13-17(26)21-14(3)9-5-2/h7-8,10-11,14H,4-6,9,12-13H2,1-3H3,(H,21,26)/t14-/m0/s1. The summed E-state index contributed by atoms with van der Waals surface area (Å²) in [5.41, 5.74) is 0.717. The second-order valence-electron chi connectivity index (χ2n) is 6.99. The highest BCUT2D eigenvalue weighted by molar-refractivity contribution is 7.99. The van der Waals surface area contributed by atoms with Crippen LogP contribution in [-0.2, 0) is 11.3 Å². The Hall–Kier alpha value is -2.35. The number of para-hydroxylation sites is 1. The third-order valence-electron chi connectivity index (χ3n) is 4.67. The molecule has 2 aromatic heterocycles. The maximum absolute atomic E-state index is 12.9. The first-order valence-electron chi connectivity index (χ1n) is 9.85. The number of carbonyl (C=O) groups excluding carboxylic acids is 1. The van der Waals surface area contributed by atoms with Crippen molar-refractivity contribution in [2.45, 2.75) is 64.2 Å². The molecule has 0 aliphatic heterocycles. The molecule has 0 bridgehead atoms. The molecule has 2 heterocycles. The van der Waals surface area contributed by atoms with Crippen LogP contribution in [-0.4, -0.2) is 36.9 Å². The normalized spacial score (nSPS) is 12.5. The molecular formula is C20H27N5O2S. The van der Waals surface area contributed by atoms with Gasteiger partial charge in [-0.3, -0.25) is 18.6 Å². The van der Waals surface area contributed by atoms with Crippen LogP contribution in [0.3, 0.4) is 0 Å². The molecule has 1 N–H and O–H groups in total. The fourth-order valence-corrected chi connectivity index (χ4v) is 4.05. The summed E-state index contributed by atoms with van der Waals surface area (Å²) in [6.07, 6.45) is 3.86. The van der Waals surface area contributed by atoms with Crippen LogP contribution < -0.4 is 10.9 Å². The molecule has 0 fully saturated rings. The van der Waals surface area contributed by atoms with Crippen molar-refractivity contribution in [1.82, 2.24) is 24.5 Å². The summed E-state index contributed by atoms with van der Waals surface area (Å²) in [6.45, 7) is 6.80. The minimum absolute atomic E-state index is 0.0219. The largest absolute Gasteiger partial charge is 0.353 e. The van der Waals surface area contributed by atoms with E-state index in [1.807, 2.05) is 35.6 Å². The molecule has 0 saturated carbocycles. The summed E-state index contributed by atoms with van der Waals surface area (Å²) in [5.74, 6) is 0.766. The first kappa shape index (κ1) is 20.4. The molecule has 28 heavy (non-hydrogen) atoms. The number of unbranched alkanes of at least 4 members (excludes halogenated alkanes) is 1. The van der Waals surface area contributed by atoms with Crippen LogP contribution in [0.1, 0.15) is 46.5 Å². The van der Waals surface area contributed by atoms with Crippen LogP contribution >= 0.6 is 11.8 Å². The highest BCUT2D eigenvalue weighted by atomic mass is 32.2. The summed E-state index contributed by atoms with van der Waals surface area (Å²) in [7, 11) is 0. The fourth-order valence-electron chi connectivity index (χ4n) is 3.30. The second-order valence-corrected chi connectivity index (χ2v) is 7.93. The molecule has 0 saturated heterocycles. The number of hydrogen-bond acceptors (Lipinski definition) is 5. The van der Waals surface area contributed by atoms with Gasteiger partial charge in [0.15, 0.2) is 5.16 Å². The van der Waals surface area contributed by atoms with E-state index >= 15 is 0 Å². The predicted molar refractivity (Wildman–Crippen MR) is 113 cm³/mol. The molecule has 1 atom stereocenters. The minimum Gasteiger partial charge on any atom is -0.353 e. The maximum Gasteiger partial charge on any atom is 0.262 e. The van der Waals surface area contributed by atoms with Crippen LogP contribution in [0.5, 0.6) is 0 Å². The zero-order chi connectivity index (χ0) is 20.1. The lowest BCUT2D eigenvalue weighted by atomic mass is 10.2. The van der Waals surface area contributed by atoms with Gasteiger partial charge < -0.3 is 5.32 Å². The lowest BCUT2D eigenvalue weighted by molar-refractivity contribution is -0.119. The van der Waals surface area contributed by atoms with E-state index in [4.69, 9.17) is 0 Å². The van der Waals surface area contributed by atoms with E-state index in [2.05, 4.69) is 29.4 Å². The van der Waals surface area contributed by atoms with E-state index in [1.54, 1.807) is 4.57 Å². The van der Waals surface area contributed by atoms with Gasteiger partial charge in [-0.1, -0.05) is 50.6 Å². The molecule has 3 rings (SSSR count). The average molecular weight is 402 g/mol. The zero-order valence-electron chi connectivity index (χ0n) is 16.6. The lowest BCUT2D eigenvalue weighted by Crippen LogP contribution is -2.33. The summed E-state index contributed by atoms with van der Waals surface area (Å²) < 4.78 is 3.58. The molecule has 1 aromatic carbocycles. The van der Waals surface area contributed by atoms with Gasteiger partial charge in [0, 0.05) is 12.6 Å². The van der Waals surface area contributed by atoms with Crippen molar-refractivity contribution in [3.63, 3.8) is 0 Å². The third kappa shape index (κ3) is 4.22. The smallest absolute Gasteiger partial charge is 0.262 e. The van der Waals surface area contributed by atoms with Crippen molar-refractivity contribution in [2.75, 3.05) is 5.75 Å². The first-order chi connectivity index (χ1) is 13.6. The van der Waals surface area contributed by atoms with Gasteiger partial charge in [0.2, 0.25) is 11.7 Å². The monoisotopic (exact) mass is 401 g/mol. The summed E-state index contributed by atoms with van der Waals surface area (Å²) in [4.78, 5) is 25.2. The molecule has 0 radical (unpaired) electrons. The highest BCUT2D eigenvalue weighted by Gasteiger charge is 2.17. The summed E-state index contributed by atoms with van der Waals surface area (Å²) in [5, 5.41) is 12.8. The second kappa shape index (κ2) is 9.23. The van der Waals surface area contributed by atoms with Crippen LogP contribution in [0.2, 0.25) is 0 Å². The van der Waals surface area contributed by atoms with Crippen molar-refractivity contribution >= 4 is 34.3 Å². The Morgan fingerprint density at radius 3 is 2.75 bits per heavy atom. The lowest BCUT2D eigenvalue weighted by Gasteiger charge is -2.12. The van der Waals surface area contributed by atoms with E-state index in [0.717, 1.165) is 31.2 Å². The summed E-state index contributed by atoms with van der Waals surface area (Å²) in [6, 6.07) is 7.64. The van der Waals surface area contributed by atoms with Crippen molar-refractivity contribution in [1.29, 1.82) is 0 Å². The van der Waals surface area contributed by atoms with Gasteiger partial charge in [0.05, 0.1) is 16.7 Å². The third-order valence-corrected chi connectivity index (χ3v) is 5.60. The number of aromatic nitrogens is 4. The van der Waals surface area contributed by atoms with E-state index in [-0.39, 0.29) is 23.3 Å². The van der Waals surface area contributed by atoms with Gasteiger partial charge in [-0.2, -0.15) is 0 Å². The van der Waals surface area contributed by atoms with Crippen molar-refractivity contribution < 1.29 is 4.79 Å². The number of nitrogens with zero attached hydrogens (tertiary/aromatic N) is 4. The first-order valence-corrected chi connectivity index (χ1v) is 10.8. The number of benzene rings is 1. The zero-order valence-corrected chi connectivity index (χ0v) is 17.5. The quantitative estimate of drug-likeness (QED) is 0.557. The molecule has 0 spiro atoms. The topological polar surface area (TPSA) is 81.3 Å². The molecule has 8 heteroatoms. The van der Waals surface area contributed by atoms with Crippen molar-refractivity contribution in [2.24, 2.45) is 0 Å². The SMILES string of the molecule is CCCCn1c(=O)c2ccccc2n2c(SCC(=O)N[C@@H](C)CCC)nnc12. The van der Waals surface area contributed by atoms with E-state index in [0.29, 0.717) is 22.9 Å².